The first-order chi connectivity index (χ1) is 9.70. The first-order valence-corrected chi connectivity index (χ1v) is 7.65. The lowest BCUT2D eigenvalue weighted by Crippen LogP contribution is -2.14. The Hall–Kier alpha value is -1.59. The molecule has 1 aromatic heterocycles. The molecular formula is C15H17N3OS. The zero-order valence-electron chi connectivity index (χ0n) is 11.3. The zero-order valence-corrected chi connectivity index (χ0v) is 12.1. The molecule has 1 aliphatic carbocycles. The molecule has 1 aromatic carbocycles. The summed E-state index contributed by atoms with van der Waals surface area (Å²) in [5.41, 5.74) is 7.10. The van der Waals surface area contributed by atoms with Gasteiger partial charge in [0.15, 0.2) is 5.82 Å². The number of aromatic nitrogens is 2. The summed E-state index contributed by atoms with van der Waals surface area (Å²) in [6, 6.07) is 8.54. The van der Waals surface area contributed by atoms with Gasteiger partial charge in [0.2, 0.25) is 5.89 Å². The number of hydrogen-bond acceptors (Lipinski definition) is 5. The van der Waals surface area contributed by atoms with E-state index in [0.717, 1.165) is 18.0 Å². The van der Waals surface area contributed by atoms with E-state index in [1.165, 1.54) is 10.5 Å². The number of hydrogen-bond donors (Lipinski definition) is 1. The molecule has 0 saturated heterocycles. The maximum atomic E-state index is 5.84. The molecule has 2 N–H and O–H groups in total. The largest absolute Gasteiger partial charge is 0.339 e. The van der Waals surface area contributed by atoms with E-state index in [-0.39, 0.29) is 12.0 Å². The number of benzene rings is 1. The molecule has 0 bridgehead atoms. The monoisotopic (exact) mass is 287 g/mol. The van der Waals surface area contributed by atoms with E-state index in [9.17, 15) is 0 Å². The molecule has 0 aliphatic heterocycles. The van der Waals surface area contributed by atoms with E-state index < -0.39 is 0 Å². The third-order valence-electron chi connectivity index (χ3n) is 3.31. The Bertz CT molecular complexity index is 606. The number of nitrogens with two attached hydrogens (primary N) is 1. The minimum Gasteiger partial charge on any atom is -0.339 e. The third kappa shape index (κ3) is 3.11. The van der Waals surface area contributed by atoms with Gasteiger partial charge in [-0.25, -0.2) is 0 Å². The molecular weight excluding hydrogens is 270 g/mol. The smallest absolute Gasteiger partial charge is 0.233 e. The van der Waals surface area contributed by atoms with Crippen LogP contribution in [-0.2, 0) is 5.75 Å². The predicted molar refractivity (Wildman–Crippen MR) is 79.5 cm³/mol. The summed E-state index contributed by atoms with van der Waals surface area (Å²) in [6.45, 7) is 2.08. The van der Waals surface area contributed by atoms with Crippen molar-refractivity contribution in [3.8, 4) is 0 Å². The van der Waals surface area contributed by atoms with Crippen molar-refractivity contribution in [3.05, 3.63) is 53.7 Å². The van der Waals surface area contributed by atoms with Crippen molar-refractivity contribution in [1.82, 2.24) is 10.1 Å². The molecule has 1 heterocycles. The second-order valence-electron chi connectivity index (χ2n) is 5.04. The van der Waals surface area contributed by atoms with Gasteiger partial charge in [-0.15, -0.1) is 11.8 Å². The van der Waals surface area contributed by atoms with Gasteiger partial charge in [0.1, 0.15) is 0 Å². The summed E-state index contributed by atoms with van der Waals surface area (Å²) in [6.07, 6.45) is 4.90. The molecule has 0 radical (unpaired) electrons. The lowest BCUT2D eigenvalue weighted by atomic mass is 10.1. The van der Waals surface area contributed by atoms with E-state index in [0.29, 0.717) is 5.89 Å². The summed E-state index contributed by atoms with van der Waals surface area (Å²) in [5, 5.41) is 4.04. The molecule has 3 rings (SSSR count). The Labute approximate surface area is 122 Å². The first-order valence-electron chi connectivity index (χ1n) is 6.66. The topological polar surface area (TPSA) is 64.9 Å². The normalized spacial score (nSPS) is 21.5. The van der Waals surface area contributed by atoms with Gasteiger partial charge in [-0.1, -0.05) is 35.0 Å². The number of nitrogens with zero attached hydrogens (tertiary/aromatic N) is 2. The quantitative estimate of drug-likeness (QED) is 0.691. The minimum atomic E-state index is 0.109. The lowest BCUT2D eigenvalue weighted by Gasteiger charge is -2.02. The molecule has 2 atom stereocenters. The second kappa shape index (κ2) is 5.81. The van der Waals surface area contributed by atoms with Gasteiger partial charge in [-0.3, -0.25) is 0 Å². The number of rotatable bonds is 4. The van der Waals surface area contributed by atoms with E-state index >= 15 is 0 Å². The molecule has 20 heavy (non-hydrogen) atoms. The first kappa shape index (κ1) is 13.4. The van der Waals surface area contributed by atoms with Gasteiger partial charge >= 0.3 is 0 Å². The van der Waals surface area contributed by atoms with Crippen LogP contribution in [0.25, 0.3) is 0 Å². The maximum absolute atomic E-state index is 5.84. The van der Waals surface area contributed by atoms with E-state index in [1.807, 2.05) is 6.08 Å². The highest BCUT2D eigenvalue weighted by atomic mass is 32.2. The average Bonchev–Trinajstić information content (AvgIpc) is 3.07. The van der Waals surface area contributed by atoms with Crippen LogP contribution in [-0.4, -0.2) is 16.2 Å². The summed E-state index contributed by atoms with van der Waals surface area (Å²) < 4.78 is 5.32. The molecule has 0 spiro atoms. The van der Waals surface area contributed by atoms with Crippen molar-refractivity contribution >= 4 is 11.8 Å². The highest BCUT2D eigenvalue weighted by Gasteiger charge is 2.22. The summed E-state index contributed by atoms with van der Waals surface area (Å²) >= 11 is 1.71. The van der Waals surface area contributed by atoms with Gasteiger partial charge in [-0.2, -0.15) is 4.98 Å². The van der Waals surface area contributed by atoms with Crippen LogP contribution in [0.4, 0.5) is 0 Å². The SMILES string of the molecule is Cc1ccc(SCc2noc(C3C=CC(N)C3)n2)cc1. The zero-order chi connectivity index (χ0) is 13.9. The average molecular weight is 287 g/mol. The Kier molecular flexibility index (Phi) is 3.89. The number of aryl methyl sites for hydroxylation is 1. The van der Waals surface area contributed by atoms with Crippen molar-refractivity contribution in [3.63, 3.8) is 0 Å². The van der Waals surface area contributed by atoms with Crippen LogP contribution in [0.5, 0.6) is 0 Å². The fourth-order valence-corrected chi connectivity index (χ4v) is 2.91. The molecule has 4 nitrogen and oxygen atoms in total. The molecule has 1 aliphatic rings. The predicted octanol–water partition coefficient (Wildman–Crippen LogP) is 3.04. The van der Waals surface area contributed by atoms with Crippen LogP contribution in [0.2, 0.25) is 0 Å². The number of thioether (sulfide) groups is 1. The van der Waals surface area contributed by atoms with Crippen LogP contribution < -0.4 is 5.73 Å². The fourth-order valence-electron chi connectivity index (χ4n) is 2.17. The highest BCUT2D eigenvalue weighted by Crippen LogP contribution is 2.28. The highest BCUT2D eigenvalue weighted by molar-refractivity contribution is 7.98. The fraction of sp³-hybridized carbons (Fsp3) is 0.333. The molecule has 5 heteroatoms. The van der Waals surface area contributed by atoms with Gasteiger partial charge in [0.05, 0.1) is 11.7 Å². The van der Waals surface area contributed by atoms with Crippen molar-refractivity contribution in [2.24, 2.45) is 5.73 Å². The summed E-state index contributed by atoms with van der Waals surface area (Å²) in [5.74, 6) is 2.30. The Morgan fingerprint density at radius 3 is 2.80 bits per heavy atom. The van der Waals surface area contributed by atoms with E-state index in [1.54, 1.807) is 11.8 Å². The molecule has 104 valence electrons. The standard InChI is InChI=1S/C15H17N3OS/c1-10-2-6-13(7-3-10)20-9-14-17-15(19-18-14)11-4-5-12(16)8-11/h2-7,11-12H,8-9,16H2,1H3. The molecule has 0 fully saturated rings. The minimum absolute atomic E-state index is 0.109. The van der Waals surface area contributed by atoms with Crippen LogP contribution in [0.15, 0.2) is 45.8 Å². The molecule has 0 saturated carbocycles. The summed E-state index contributed by atoms with van der Waals surface area (Å²) in [4.78, 5) is 5.67. The Balaban J connectivity index is 1.60. The van der Waals surface area contributed by atoms with Crippen LogP contribution >= 0.6 is 11.8 Å². The Morgan fingerprint density at radius 1 is 1.30 bits per heavy atom. The van der Waals surface area contributed by atoms with Gasteiger partial charge in [-0.05, 0) is 25.5 Å². The Morgan fingerprint density at radius 2 is 2.10 bits per heavy atom. The second-order valence-corrected chi connectivity index (χ2v) is 6.09. The van der Waals surface area contributed by atoms with Crippen molar-refractivity contribution in [1.29, 1.82) is 0 Å². The lowest BCUT2D eigenvalue weighted by molar-refractivity contribution is 0.361. The van der Waals surface area contributed by atoms with E-state index in [2.05, 4.69) is 47.4 Å². The van der Waals surface area contributed by atoms with Crippen LogP contribution in [0.3, 0.4) is 0 Å². The van der Waals surface area contributed by atoms with Gasteiger partial charge < -0.3 is 10.3 Å². The van der Waals surface area contributed by atoms with Crippen molar-refractivity contribution in [2.45, 2.75) is 36.0 Å². The molecule has 2 aromatic rings. The van der Waals surface area contributed by atoms with Gasteiger partial charge in [0, 0.05) is 10.9 Å². The number of allylic oxidation sites excluding steroid dienone is 1. The maximum Gasteiger partial charge on any atom is 0.233 e. The van der Waals surface area contributed by atoms with Crippen LogP contribution in [0.1, 0.15) is 29.6 Å². The molecule has 2 unspecified atom stereocenters. The summed E-state index contributed by atoms with van der Waals surface area (Å²) in [7, 11) is 0. The van der Waals surface area contributed by atoms with Gasteiger partial charge in [0.25, 0.3) is 0 Å². The van der Waals surface area contributed by atoms with Crippen molar-refractivity contribution in [2.75, 3.05) is 0 Å². The van der Waals surface area contributed by atoms with E-state index in [4.69, 9.17) is 10.3 Å². The third-order valence-corrected chi connectivity index (χ3v) is 4.31. The van der Waals surface area contributed by atoms with Crippen LogP contribution in [0, 0.1) is 6.92 Å². The van der Waals surface area contributed by atoms with Crippen molar-refractivity contribution < 1.29 is 4.52 Å². The molecule has 0 amide bonds.